The Labute approximate surface area is 147 Å². The van der Waals surface area contributed by atoms with Gasteiger partial charge in [0.25, 0.3) is 0 Å². The normalized spacial score (nSPS) is 15.8. The maximum Gasteiger partial charge on any atom is 0.123 e. The Morgan fingerprint density at radius 1 is 0.880 bits per heavy atom. The molecular formula is C23H18FN. The molecule has 1 aliphatic rings. The molecule has 1 atom stereocenters. The van der Waals surface area contributed by atoms with Crippen molar-refractivity contribution in [2.45, 2.75) is 12.5 Å². The molecule has 1 heterocycles. The van der Waals surface area contributed by atoms with Crippen molar-refractivity contribution in [3.05, 3.63) is 95.3 Å². The third kappa shape index (κ3) is 3.33. The zero-order valence-corrected chi connectivity index (χ0v) is 13.8. The van der Waals surface area contributed by atoms with E-state index < -0.39 is 0 Å². The highest BCUT2D eigenvalue weighted by molar-refractivity contribution is 5.71. The van der Waals surface area contributed by atoms with Crippen LogP contribution in [0.15, 0.2) is 72.8 Å². The van der Waals surface area contributed by atoms with Crippen LogP contribution in [0.4, 0.5) is 4.39 Å². The van der Waals surface area contributed by atoms with Gasteiger partial charge in [0.05, 0.1) is 6.04 Å². The summed E-state index contributed by atoms with van der Waals surface area (Å²) >= 11 is 0. The van der Waals surface area contributed by atoms with Gasteiger partial charge in [-0.25, -0.2) is 4.39 Å². The molecule has 1 aliphatic heterocycles. The van der Waals surface area contributed by atoms with Crippen LogP contribution in [-0.4, -0.2) is 6.54 Å². The molecule has 1 nitrogen and oxygen atoms in total. The van der Waals surface area contributed by atoms with Crippen LogP contribution in [0, 0.1) is 17.7 Å². The molecule has 25 heavy (non-hydrogen) atoms. The summed E-state index contributed by atoms with van der Waals surface area (Å²) in [4.78, 5) is 0. The molecule has 0 aromatic heterocycles. The third-order valence-corrected chi connectivity index (χ3v) is 4.54. The Kier molecular flexibility index (Phi) is 4.33. The Morgan fingerprint density at radius 3 is 2.52 bits per heavy atom. The van der Waals surface area contributed by atoms with Crippen molar-refractivity contribution in [3.8, 4) is 23.0 Å². The van der Waals surface area contributed by atoms with E-state index in [2.05, 4.69) is 41.4 Å². The van der Waals surface area contributed by atoms with Crippen LogP contribution in [0.5, 0.6) is 0 Å². The van der Waals surface area contributed by atoms with E-state index in [1.807, 2.05) is 24.3 Å². The second-order valence-corrected chi connectivity index (χ2v) is 6.16. The van der Waals surface area contributed by atoms with E-state index in [0.717, 1.165) is 29.7 Å². The van der Waals surface area contributed by atoms with Gasteiger partial charge in [0.2, 0.25) is 0 Å². The zero-order valence-electron chi connectivity index (χ0n) is 13.8. The van der Waals surface area contributed by atoms with E-state index >= 15 is 0 Å². The standard InChI is InChI=1S/C23H18FN/c24-20-12-9-19(10-13-20)21-7-3-1-5-17(21)11-14-23-22-8-4-2-6-18(22)15-16-25-23/h1-10,12-13,23,25H,15-16H2. The van der Waals surface area contributed by atoms with Gasteiger partial charge in [-0.3, -0.25) is 5.32 Å². The molecule has 0 saturated heterocycles. The highest BCUT2D eigenvalue weighted by Gasteiger charge is 2.16. The maximum absolute atomic E-state index is 13.2. The fourth-order valence-electron chi connectivity index (χ4n) is 3.26. The smallest absolute Gasteiger partial charge is 0.123 e. The van der Waals surface area contributed by atoms with Crippen LogP contribution in [0.25, 0.3) is 11.1 Å². The summed E-state index contributed by atoms with van der Waals surface area (Å²) in [5.74, 6) is 6.48. The lowest BCUT2D eigenvalue weighted by Gasteiger charge is -2.22. The van der Waals surface area contributed by atoms with Crippen molar-refractivity contribution in [1.29, 1.82) is 0 Å². The van der Waals surface area contributed by atoms with Crippen molar-refractivity contribution in [2.75, 3.05) is 6.54 Å². The molecule has 0 radical (unpaired) electrons. The van der Waals surface area contributed by atoms with Crippen molar-refractivity contribution in [1.82, 2.24) is 5.32 Å². The predicted molar refractivity (Wildman–Crippen MR) is 99.6 cm³/mol. The summed E-state index contributed by atoms with van der Waals surface area (Å²) < 4.78 is 13.2. The number of rotatable bonds is 1. The molecular weight excluding hydrogens is 309 g/mol. The Bertz CT molecular complexity index is 948. The minimum Gasteiger partial charge on any atom is -0.300 e. The molecule has 0 amide bonds. The molecule has 3 aromatic rings. The van der Waals surface area contributed by atoms with Crippen molar-refractivity contribution in [2.24, 2.45) is 0 Å². The van der Waals surface area contributed by atoms with Gasteiger partial charge in [-0.05, 0) is 46.9 Å². The molecule has 1 unspecified atom stereocenters. The average molecular weight is 327 g/mol. The molecule has 0 spiro atoms. The van der Waals surface area contributed by atoms with Gasteiger partial charge in [-0.2, -0.15) is 0 Å². The molecule has 0 saturated carbocycles. The Balaban J connectivity index is 1.70. The monoisotopic (exact) mass is 327 g/mol. The van der Waals surface area contributed by atoms with Crippen LogP contribution in [0.1, 0.15) is 22.7 Å². The van der Waals surface area contributed by atoms with E-state index in [0.29, 0.717) is 0 Å². The van der Waals surface area contributed by atoms with Crippen LogP contribution in [0.3, 0.4) is 0 Å². The highest BCUT2D eigenvalue weighted by Crippen LogP contribution is 2.25. The van der Waals surface area contributed by atoms with E-state index in [1.54, 1.807) is 12.1 Å². The van der Waals surface area contributed by atoms with Crippen LogP contribution < -0.4 is 5.32 Å². The summed E-state index contributed by atoms with van der Waals surface area (Å²) in [5.41, 5.74) is 5.59. The van der Waals surface area contributed by atoms with E-state index in [-0.39, 0.29) is 11.9 Å². The second kappa shape index (κ2) is 6.93. The summed E-state index contributed by atoms with van der Waals surface area (Å²) in [5, 5.41) is 3.49. The lowest BCUT2D eigenvalue weighted by molar-refractivity contribution is 0.594. The van der Waals surface area contributed by atoms with Gasteiger partial charge in [0.15, 0.2) is 0 Å². The van der Waals surface area contributed by atoms with Gasteiger partial charge in [0.1, 0.15) is 5.82 Å². The summed E-state index contributed by atoms with van der Waals surface area (Å²) in [6.07, 6.45) is 1.04. The fraction of sp³-hybridized carbons (Fsp3) is 0.130. The first-order valence-corrected chi connectivity index (χ1v) is 8.49. The Hall–Kier alpha value is -2.89. The van der Waals surface area contributed by atoms with Gasteiger partial charge in [0, 0.05) is 12.1 Å². The SMILES string of the molecule is Fc1ccc(-c2ccccc2C#CC2NCCc3ccccc32)cc1. The first kappa shape index (κ1) is 15.6. The maximum atomic E-state index is 13.2. The molecule has 2 heteroatoms. The number of nitrogens with one attached hydrogen (secondary N) is 1. The molecule has 0 bridgehead atoms. The first-order chi connectivity index (χ1) is 12.3. The van der Waals surface area contributed by atoms with Crippen LogP contribution in [-0.2, 0) is 6.42 Å². The number of hydrogen-bond donors (Lipinski definition) is 1. The molecule has 0 fully saturated rings. The van der Waals surface area contributed by atoms with E-state index in [9.17, 15) is 4.39 Å². The van der Waals surface area contributed by atoms with Crippen molar-refractivity contribution < 1.29 is 4.39 Å². The first-order valence-electron chi connectivity index (χ1n) is 8.49. The second-order valence-electron chi connectivity index (χ2n) is 6.16. The van der Waals surface area contributed by atoms with Gasteiger partial charge in [-0.15, -0.1) is 0 Å². The minimum absolute atomic E-state index is 0.0474. The summed E-state index contributed by atoms with van der Waals surface area (Å²) in [6.45, 7) is 0.940. The van der Waals surface area contributed by atoms with E-state index in [4.69, 9.17) is 0 Å². The summed E-state index contributed by atoms with van der Waals surface area (Å²) in [6, 6.07) is 23.1. The number of fused-ring (bicyclic) bond motifs is 1. The fourth-order valence-corrected chi connectivity index (χ4v) is 3.26. The largest absolute Gasteiger partial charge is 0.300 e. The molecule has 3 aromatic carbocycles. The minimum atomic E-state index is -0.227. The molecule has 4 rings (SSSR count). The van der Waals surface area contributed by atoms with Crippen molar-refractivity contribution in [3.63, 3.8) is 0 Å². The van der Waals surface area contributed by atoms with Crippen LogP contribution in [0.2, 0.25) is 0 Å². The molecule has 1 N–H and O–H groups in total. The summed E-state index contributed by atoms with van der Waals surface area (Å²) in [7, 11) is 0. The van der Waals surface area contributed by atoms with Crippen molar-refractivity contribution >= 4 is 0 Å². The topological polar surface area (TPSA) is 12.0 Å². The quantitative estimate of drug-likeness (QED) is 0.637. The average Bonchev–Trinajstić information content (AvgIpc) is 2.67. The van der Waals surface area contributed by atoms with Gasteiger partial charge in [-0.1, -0.05) is 66.4 Å². The van der Waals surface area contributed by atoms with Gasteiger partial charge >= 0.3 is 0 Å². The predicted octanol–water partition coefficient (Wildman–Crippen LogP) is 4.73. The lowest BCUT2D eigenvalue weighted by atomic mass is 9.94. The number of benzene rings is 3. The number of hydrogen-bond acceptors (Lipinski definition) is 1. The molecule has 122 valence electrons. The Morgan fingerprint density at radius 2 is 1.64 bits per heavy atom. The van der Waals surface area contributed by atoms with Gasteiger partial charge < -0.3 is 0 Å². The lowest BCUT2D eigenvalue weighted by Crippen LogP contribution is -2.28. The highest BCUT2D eigenvalue weighted by atomic mass is 19.1. The third-order valence-electron chi connectivity index (χ3n) is 4.54. The van der Waals surface area contributed by atoms with E-state index in [1.165, 1.54) is 23.3 Å². The molecule has 0 aliphatic carbocycles. The zero-order chi connectivity index (χ0) is 17.1. The van der Waals surface area contributed by atoms with Crippen LogP contribution >= 0.6 is 0 Å². The number of halogens is 1.